The Morgan fingerprint density at radius 2 is 2.06 bits per heavy atom. The molecular weight excluding hydrogens is 406 g/mol. The average Bonchev–Trinajstić information content (AvgIpc) is 3.47. The molecule has 1 unspecified atom stereocenters. The van der Waals surface area contributed by atoms with E-state index in [-0.39, 0.29) is 6.03 Å². The van der Waals surface area contributed by atoms with Gasteiger partial charge in [-0.25, -0.2) is 4.79 Å². The standard InChI is InChI=1S/C24H29N5OS/c1-28-22(13-21(27-28)23-8-5-11-31-23)20-16-29-10-9-18(20)12-19(29)15-26-24(30)25-14-17-6-3-2-4-7-17/h2-8,11,13,18-20H,9-10,12,14-16H2,1H3,(H2,25,26,30)/t18-,19+,20-/m0/s1. The third-order valence-corrected chi connectivity index (χ3v) is 7.63. The van der Waals surface area contributed by atoms with Crippen LogP contribution < -0.4 is 10.6 Å². The molecule has 5 heterocycles. The zero-order valence-electron chi connectivity index (χ0n) is 17.8. The number of piperidine rings is 3. The lowest BCUT2D eigenvalue weighted by Crippen LogP contribution is -2.56. The van der Waals surface area contributed by atoms with Crippen molar-refractivity contribution in [2.24, 2.45) is 13.0 Å². The number of hydrogen-bond donors (Lipinski definition) is 2. The van der Waals surface area contributed by atoms with Crippen LogP contribution in [0.3, 0.4) is 0 Å². The predicted molar refractivity (Wildman–Crippen MR) is 124 cm³/mol. The number of fused-ring (bicyclic) bond motifs is 3. The maximum Gasteiger partial charge on any atom is 0.315 e. The monoisotopic (exact) mass is 435 g/mol. The van der Waals surface area contributed by atoms with Gasteiger partial charge in [0, 0.05) is 44.3 Å². The molecule has 3 aromatic rings. The first-order valence-electron chi connectivity index (χ1n) is 11.0. The Labute approximate surface area is 187 Å². The van der Waals surface area contributed by atoms with E-state index in [0.717, 1.165) is 30.8 Å². The molecule has 0 radical (unpaired) electrons. The highest BCUT2D eigenvalue weighted by Crippen LogP contribution is 2.42. The number of benzene rings is 1. The molecule has 162 valence electrons. The van der Waals surface area contributed by atoms with Gasteiger partial charge in [0.15, 0.2) is 0 Å². The average molecular weight is 436 g/mol. The van der Waals surface area contributed by atoms with Gasteiger partial charge in [0.25, 0.3) is 0 Å². The van der Waals surface area contributed by atoms with E-state index in [0.29, 0.717) is 31.0 Å². The molecule has 3 saturated heterocycles. The maximum absolute atomic E-state index is 12.3. The fourth-order valence-corrected chi connectivity index (χ4v) is 5.79. The van der Waals surface area contributed by atoms with Gasteiger partial charge in [0.2, 0.25) is 0 Å². The predicted octanol–water partition coefficient (Wildman–Crippen LogP) is 3.83. The van der Waals surface area contributed by atoms with Crippen molar-refractivity contribution in [2.75, 3.05) is 19.6 Å². The number of thiophene rings is 1. The fourth-order valence-electron chi connectivity index (χ4n) is 5.11. The number of carbonyl (C=O) groups is 1. The van der Waals surface area contributed by atoms with Gasteiger partial charge in [0.05, 0.1) is 4.88 Å². The minimum absolute atomic E-state index is 0.0877. The normalized spacial score (nSPS) is 24.8. The van der Waals surface area contributed by atoms with Gasteiger partial charge < -0.3 is 10.6 Å². The SMILES string of the molecule is Cn1nc(-c2cccs2)cc1[C@H]1CN2CC[C@H]1C[C@@H]2CNC(=O)NCc1ccccc1. The van der Waals surface area contributed by atoms with Crippen molar-refractivity contribution in [3.63, 3.8) is 0 Å². The number of amides is 2. The number of aromatic nitrogens is 2. The van der Waals surface area contributed by atoms with Crippen LogP contribution in [0.1, 0.15) is 30.0 Å². The second-order valence-electron chi connectivity index (χ2n) is 8.64. The van der Waals surface area contributed by atoms with Gasteiger partial charge in [-0.15, -0.1) is 11.3 Å². The van der Waals surface area contributed by atoms with Gasteiger partial charge in [-0.2, -0.15) is 5.10 Å². The van der Waals surface area contributed by atoms with Gasteiger partial charge in [-0.05, 0) is 48.4 Å². The first-order valence-corrected chi connectivity index (χ1v) is 11.9. The van der Waals surface area contributed by atoms with E-state index in [9.17, 15) is 4.79 Å². The Morgan fingerprint density at radius 3 is 2.81 bits per heavy atom. The van der Waals surface area contributed by atoms with E-state index in [2.05, 4.69) is 50.8 Å². The van der Waals surface area contributed by atoms with E-state index in [1.54, 1.807) is 11.3 Å². The first kappa shape index (κ1) is 20.3. The molecule has 0 spiro atoms. The van der Waals surface area contributed by atoms with E-state index in [1.807, 2.05) is 30.3 Å². The van der Waals surface area contributed by atoms with Crippen LogP contribution in [-0.4, -0.2) is 46.4 Å². The summed E-state index contributed by atoms with van der Waals surface area (Å²) in [5.41, 5.74) is 3.53. The van der Waals surface area contributed by atoms with Crippen LogP contribution in [-0.2, 0) is 13.6 Å². The van der Waals surface area contributed by atoms with Crippen LogP contribution in [0.5, 0.6) is 0 Å². The molecule has 0 saturated carbocycles. The van der Waals surface area contributed by atoms with Crippen molar-refractivity contribution in [3.8, 4) is 10.6 Å². The number of hydrogen-bond acceptors (Lipinski definition) is 4. The maximum atomic E-state index is 12.3. The fraction of sp³-hybridized carbons (Fsp3) is 0.417. The van der Waals surface area contributed by atoms with Crippen LogP contribution >= 0.6 is 11.3 Å². The van der Waals surface area contributed by atoms with E-state index in [1.165, 1.54) is 17.0 Å². The summed E-state index contributed by atoms with van der Waals surface area (Å²) < 4.78 is 2.08. The molecular formula is C24H29N5OS. The van der Waals surface area contributed by atoms with Gasteiger partial charge >= 0.3 is 6.03 Å². The largest absolute Gasteiger partial charge is 0.337 e. The van der Waals surface area contributed by atoms with Crippen molar-refractivity contribution in [1.82, 2.24) is 25.3 Å². The van der Waals surface area contributed by atoms with Crippen molar-refractivity contribution in [2.45, 2.75) is 31.3 Å². The third-order valence-electron chi connectivity index (χ3n) is 6.74. The quantitative estimate of drug-likeness (QED) is 0.619. The smallest absolute Gasteiger partial charge is 0.315 e. The van der Waals surface area contributed by atoms with E-state index >= 15 is 0 Å². The first-order chi connectivity index (χ1) is 15.2. The number of urea groups is 1. The second kappa shape index (κ2) is 8.85. The molecule has 2 N–H and O–H groups in total. The lowest BCUT2D eigenvalue weighted by atomic mass is 9.74. The van der Waals surface area contributed by atoms with Crippen molar-refractivity contribution in [1.29, 1.82) is 0 Å². The van der Waals surface area contributed by atoms with Crippen LogP contribution in [0.15, 0.2) is 53.9 Å². The molecule has 4 atom stereocenters. The Morgan fingerprint density at radius 1 is 1.19 bits per heavy atom. The van der Waals surface area contributed by atoms with Crippen LogP contribution in [0.25, 0.3) is 10.6 Å². The molecule has 6 nitrogen and oxygen atoms in total. The Hall–Kier alpha value is -2.64. The van der Waals surface area contributed by atoms with Crippen LogP contribution in [0.4, 0.5) is 4.79 Å². The molecule has 7 heteroatoms. The zero-order chi connectivity index (χ0) is 21.2. The summed E-state index contributed by atoms with van der Waals surface area (Å²) in [6.07, 6.45) is 2.35. The number of aryl methyl sites for hydroxylation is 1. The number of carbonyl (C=O) groups excluding carboxylic acids is 1. The van der Waals surface area contributed by atoms with Crippen molar-refractivity contribution in [3.05, 3.63) is 65.2 Å². The molecule has 2 bridgehead atoms. The summed E-state index contributed by atoms with van der Waals surface area (Å²) >= 11 is 1.74. The molecule has 6 rings (SSSR count). The van der Waals surface area contributed by atoms with Crippen molar-refractivity contribution >= 4 is 17.4 Å². The van der Waals surface area contributed by atoms with Gasteiger partial charge in [-0.1, -0.05) is 36.4 Å². The Balaban J connectivity index is 1.16. The third kappa shape index (κ3) is 4.38. The highest BCUT2D eigenvalue weighted by atomic mass is 32.1. The second-order valence-corrected chi connectivity index (χ2v) is 9.59. The summed E-state index contributed by atoms with van der Waals surface area (Å²) in [5.74, 6) is 1.17. The van der Waals surface area contributed by atoms with E-state index in [4.69, 9.17) is 5.10 Å². The van der Waals surface area contributed by atoms with Crippen LogP contribution in [0, 0.1) is 5.92 Å². The topological polar surface area (TPSA) is 62.2 Å². The highest BCUT2D eigenvalue weighted by molar-refractivity contribution is 7.13. The summed E-state index contributed by atoms with van der Waals surface area (Å²) in [7, 11) is 2.07. The van der Waals surface area contributed by atoms with Gasteiger partial charge in [0.1, 0.15) is 5.69 Å². The van der Waals surface area contributed by atoms with Gasteiger partial charge in [-0.3, -0.25) is 9.58 Å². The van der Waals surface area contributed by atoms with E-state index < -0.39 is 0 Å². The van der Waals surface area contributed by atoms with Crippen molar-refractivity contribution < 1.29 is 4.79 Å². The minimum Gasteiger partial charge on any atom is -0.337 e. The molecule has 2 aromatic heterocycles. The van der Waals surface area contributed by atoms with Crippen LogP contribution in [0.2, 0.25) is 0 Å². The summed E-state index contributed by atoms with van der Waals surface area (Å²) in [6, 6.07) is 16.8. The minimum atomic E-state index is -0.0877. The lowest BCUT2D eigenvalue weighted by Gasteiger charge is -2.49. The highest BCUT2D eigenvalue weighted by Gasteiger charge is 2.41. The molecule has 2 amide bonds. The molecule has 3 aliphatic heterocycles. The number of nitrogens with zero attached hydrogens (tertiary/aromatic N) is 3. The summed E-state index contributed by atoms with van der Waals surface area (Å²) in [4.78, 5) is 16.0. The summed E-state index contributed by atoms with van der Waals surface area (Å²) in [6.45, 7) is 3.43. The Bertz CT molecular complexity index is 1020. The zero-order valence-corrected chi connectivity index (χ0v) is 18.6. The number of nitrogens with one attached hydrogen (secondary N) is 2. The molecule has 1 aromatic carbocycles. The lowest BCUT2D eigenvalue weighted by molar-refractivity contribution is 0.0294. The molecule has 31 heavy (non-hydrogen) atoms. The molecule has 3 fully saturated rings. The summed E-state index contributed by atoms with van der Waals surface area (Å²) in [5, 5.41) is 12.9. The Kier molecular flexibility index (Phi) is 5.78. The molecule has 3 aliphatic rings. The molecule has 0 aliphatic carbocycles. The number of rotatable bonds is 6.